The maximum absolute atomic E-state index is 10.7. The van der Waals surface area contributed by atoms with Crippen LogP contribution < -0.4 is 0 Å². The lowest BCUT2D eigenvalue weighted by Crippen LogP contribution is -2.09. The van der Waals surface area contributed by atoms with Gasteiger partial charge in [0.25, 0.3) is 0 Å². The van der Waals surface area contributed by atoms with E-state index in [0.29, 0.717) is 12.2 Å². The molecule has 1 aromatic heterocycles. The minimum Gasteiger partial charge on any atom is -0.481 e. The lowest BCUT2D eigenvalue weighted by molar-refractivity contribution is -0.138. The van der Waals surface area contributed by atoms with Gasteiger partial charge in [-0.1, -0.05) is 0 Å². The highest BCUT2D eigenvalue weighted by molar-refractivity contribution is 5.75. The number of fused-ring (bicyclic) bond motifs is 1. The van der Waals surface area contributed by atoms with Crippen LogP contribution in [-0.2, 0) is 11.3 Å². The van der Waals surface area contributed by atoms with E-state index in [4.69, 9.17) is 5.11 Å². The highest BCUT2D eigenvalue weighted by Gasteiger charge is 2.30. The van der Waals surface area contributed by atoms with Crippen LogP contribution in [0, 0.1) is 6.92 Å². The van der Waals surface area contributed by atoms with Crippen molar-refractivity contribution in [2.75, 3.05) is 0 Å². The normalized spacial score (nSPS) is 20.9. The Balaban J connectivity index is 2.41. The molecule has 1 atom stereocenters. The molecule has 0 spiro atoms. The summed E-state index contributed by atoms with van der Waals surface area (Å²) in [5.41, 5.74) is 0.899. The molecule has 2 heterocycles. The predicted octanol–water partition coefficient (Wildman–Crippen LogP) is 0.763. The number of nitrogens with zero attached hydrogens (tertiary/aromatic N) is 2. The summed E-state index contributed by atoms with van der Waals surface area (Å²) < 4.78 is 1.92. The number of aryl methyl sites for hydroxylation is 2. The van der Waals surface area contributed by atoms with Crippen LogP contribution in [-0.4, -0.2) is 20.6 Å². The molecule has 1 unspecified atom stereocenters. The Hall–Kier alpha value is -1.32. The molecule has 0 aliphatic carbocycles. The summed E-state index contributed by atoms with van der Waals surface area (Å²) in [5, 5.41) is 8.82. The molecule has 0 saturated carbocycles. The molecule has 0 fully saturated rings. The minimum atomic E-state index is -0.764. The van der Waals surface area contributed by atoms with E-state index in [2.05, 4.69) is 4.98 Å². The van der Waals surface area contributed by atoms with Crippen LogP contribution in [0.4, 0.5) is 0 Å². The van der Waals surface area contributed by atoms with Gasteiger partial charge in [0.1, 0.15) is 11.7 Å². The molecule has 4 heteroatoms. The van der Waals surface area contributed by atoms with Gasteiger partial charge in [-0.25, -0.2) is 4.98 Å². The third kappa shape index (κ3) is 0.913. The molecule has 0 bridgehead atoms. The maximum atomic E-state index is 10.7. The van der Waals surface area contributed by atoms with Crippen molar-refractivity contribution in [2.45, 2.75) is 25.8 Å². The highest BCUT2D eigenvalue weighted by Crippen LogP contribution is 2.27. The molecule has 0 saturated heterocycles. The van der Waals surface area contributed by atoms with E-state index < -0.39 is 11.9 Å². The van der Waals surface area contributed by atoms with E-state index in [-0.39, 0.29) is 0 Å². The Bertz CT molecular complexity index is 330. The Morgan fingerprint density at radius 2 is 2.58 bits per heavy atom. The van der Waals surface area contributed by atoms with E-state index in [0.717, 1.165) is 12.2 Å². The highest BCUT2D eigenvalue weighted by atomic mass is 16.4. The van der Waals surface area contributed by atoms with Crippen LogP contribution in [0.5, 0.6) is 0 Å². The summed E-state index contributed by atoms with van der Waals surface area (Å²) in [7, 11) is 0. The van der Waals surface area contributed by atoms with Gasteiger partial charge in [0.2, 0.25) is 0 Å². The summed E-state index contributed by atoms with van der Waals surface area (Å²) >= 11 is 0. The average molecular weight is 166 g/mol. The first-order chi connectivity index (χ1) is 5.68. The molecule has 64 valence electrons. The van der Waals surface area contributed by atoms with Gasteiger partial charge in [0.15, 0.2) is 0 Å². The molecule has 1 aliphatic rings. The minimum absolute atomic E-state index is 0.390. The molecule has 0 amide bonds. The van der Waals surface area contributed by atoms with Crippen LogP contribution in [0.1, 0.15) is 23.9 Å². The molecule has 0 radical (unpaired) electrons. The second kappa shape index (κ2) is 2.33. The number of rotatable bonds is 1. The SMILES string of the molecule is Cc1cn2c(n1)C(C(=O)O)CC2. The van der Waals surface area contributed by atoms with Crippen LogP contribution >= 0.6 is 0 Å². The van der Waals surface area contributed by atoms with Crippen LogP contribution in [0.15, 0.2) is 6.20 Å². The first-order valence-electron chi connectivity index (χ1n) is 3.95. The number of hydrogen-bond acceptors (Lipinski definition) is 2. The Morgan fingerprint density at radius 1 is 1.83 bits per heavy atom. The van der Waals surface area contributed by atoms with Gasteiger partial charge in [-0.2, -0.15) is 0 Å². The number of carboxylic acid groups (broad SMARTS) is 1. The fourth-order valence-electron chi connectivity index (χ4n) is 1.65. The monoisotopic (exact) mass is 166 g/mol. The number of aromatic nitrogens is 2. The standard InChI is InChI=1S/C8H10N2O2/c1-5-4-10-3-2-6(8(11)12)7(10)9-5/h4,6H,2-3H2,1H3,(H,11,12). The molecular formula is C8H10N2O2. The smallest absolute Gasteiger partial charge is 0.314 e. The van der Waals surface area contributed by atoms with Gasteiger partial charge in [-0.3, -0.25) is 4.79 Å². The fourth-order valence-corrected chi connectivity index (χ4v) is 1.65. The molecule has 1 N–H and O–H groups in total. The van der Waals surface area contributed by atoms with Gasteiger partial charge in [-0.05, 0) is 13.3 Å². The molecule has 2 rings (SSSR count). The van der Waals surface area contributed by atoms with Crippen LogP contribution in [0.25, 0.3) is 0 Å². The Kier molecular flexibility index (Phi) is 1.43. The van der Waals surface area contributed by atoms with Crippen LogP contribution in [0.3, 0.4) is 0 Å². The molecule has 12 heavy (non-hydrogen) atoms. The topological polar surface area (TPSA) is 55.1 Å². The van der Waals surface area contributed by atoms with E-state index >= 15 is 0 Å². The first-order valence-corrected chi connectivity index (χ1v) is 3.95. The first kappa shape index (κ1) is 7.34. The van der Waals surface area contributed by atoms with Gasteiger partial charge < -0.3 is 9.67 Å². The second-order valence-corrected chi connectivity index (χ2v) is 3.11. The maximum Gasteiger partial charge on any atom is 0.314 e. The molecular weight excluding hydrogens is 156 g/mol. The van der Waals surface area contributed by atoms with Gasteiger partial charge >= 0.3 is 5.97 Å². The summed E-state index contributed by atoms with van der Waals surface area (Å²) in [6.45, 7) is 2.66. The quantitative estimate of drug-likeness (QED) is 0.670. The molecule has 4 nitrogen and oxygen atoms in total. The summed E-state index contributed by atoms with van der Waals surface area (Å²) in [4.78, 5) is 14.9. The zero-order valence-electron chi connectivity index (χ0n) is 6.82. The van der Waals surface area contributed by atoms with Crippen molar-refractivity contribution in [1.29, 1.82) is 0 Å². The number of carbonyl (C=O) groups is 1. The average Bonchev–Trinajstić information content (AvgIpc) is 2.43. The fraction of sp³-hybridized carbons (Fsp3) is 0.500. The third-order valence-electron chi connectivity index (χ3n) is 2.20. The number of hydrogen-bond donors (Lipinski definition) is 1. The van der Waals surface area contributed by atoms with E-state index in [9.17, 15) is 4.79 Å². The van der Waals surface area contributed by atoms with E-state index in [1.54, 1.807) is 0 Å². The van der Waals surface area contributed by atoms with Crippen molar-refractivity contribution in [3.8, 4) is 0 Å². The van der Waals surface area contributed by atoms with Crippen molar-refractivity contribution in [2.24, 2.45) is 0 Å². The number of aliphatic carboxylic acids is 1. The lowest BCUT2D eigenvalue weighted by Gasteiger charge is -1.98. The van der Waals surface area contributed by atoms with Crippen molar-refractivity contribution in [3.05, 3.63) is 17.7 Å². The number of imidazole rings is 1. The summed E-state index contributed by atoms with van der Waals surface area (Å²) in [6.07, 6.45) is 2.58. The van der Waals surface area contributed by atoms with Crippen molar-refractivity contribution in [1.82, 2.24) is 9.55 Å². The number of carboxylic acids is 1. The van der Waals surface area contributed by atoms with Crippen LogP contribution in [0.2, 0.25) is 0 Å². The van der Waals surface area contributed by atoms with E-state index in [1.165, 1.54) is 0 Å². The molecule has 1 aromatic rings. The van der Waals surface area contributed by atoms with Crippen molar-refractivity contribution in [3.63, 3.8) is 0 Å². The second-order valence-electron chi connectivity index (χ2n) is 3.11. The summed E-state index contributed by atoms with van der Waals surface area (Å²) in [6, 6.07) is 0. The van der Waals surface area contributed by atoms with Crippen molar-refractivity contribution >= 4 is 5.97 Å². The Labute approximate surface area is 69.8 Å². The largest absolute Gasteiger partial charge is 0.481 e. The predicted molar refractivity (Wildman–Crippen MR) is 42.0 cm³/mol. The Morgan fingerprint density at radius 3 is 3.25 bits per heavy atom. The molecule has 1 aliphatic heterocycles. The lowest BCUT2D eigenvalue weighted by atomic mass is 10.1. The van der Waals surface area contributed by atoms with Gasteiger partial charge in [0, 0.05) is 12.7 Å². The third-order valence-corrected chi connectivity index (χ3v) is 2.20. The van der Waals surface area contributed by atoms with Gasteiger partial charge in [0.05, 0.1) is 5.69 Å². The zero-order chi connectivity index (χ0) is 8.72. The van der Waals surface area contributed by atoms with Gasteiger partial charge in [-0.15, -0.1) is 0 Å². The zero-order valence-corrected chi connectivity index (χ0v) is 6.82. The molecule has 0 aromatic carbocycles. The van der Waals surface area contributed by atoms with E-state index in [1.807, 2.05) is 17.7 Å². The van der Waals surface area contributed by atoms with Crippen molar-refractivity contribution < 1.29 is 9.90 Å². The summed E-state index contributed by atoms with van der Waals surface area (Å²) in [5.74, 6) is -0.446.